The first-order chi connectivity index (χ1) is 13.1. The van der Waals surface area contributed by atoms with Crippen LogP contribution in [-0.2, 0) is 20.9 Å². The molecule has 2 aromatic heterocycles. The predicted molar refractivity (Wildman–Crippen MR) is 103 cm³/mol. The Labute approximate surface area is 162 Å². The summed E-state index contributed by atoms with van der Waals surface area (Å²) in [5.74, 6) is -1.28. The van der Waals surface area contributed by atoms with Gasteiger partial charge in [0.05, 0.1) is 31.5 Å². The fourth-order valence-corrected chi connectivity index (χ4v) is 4.13. The molecule has 1 aliphatic rings. The largest absolute Gasteiger partial charge is 0.379 e. The lowest BCUT2D eigenvalue weighted by molar-refractivity contribution is -0.140. The summed E-state index contributed by atoms with van der Waals surface area (Å²) in [6.45, 7) is 5.10. The first-order valence-corrected chi connectivity index (χ1v) is 9.87. The fourth-order valence-electron chi connectivity index (χ4n) is 3.16. The van der Waals surface area contributed by atoms with Gasteiger partial charge in [-0.3, -0.25) is 19.5 Å². The molecular formula is C19H24N4O3S. The van der Waals surface area contributed by atoms with Crippen molar-refractivity contribution in [2.75, 3.05) is 26.3 Å². The maximum absolute atomic E-state index is 12.3. The summed E-state index contributed by atoms with van der Waals surface area (Å²) in [5, 5.41) is 7.49. The Balaban J connectivity index is 1.59. The smallest absolute Gasteiger partial charge is 0.309 e. The number of aromatic nitrogens is 1. The van der Waals surface area contributed by atoms with Gasteiger partial charge < -0.3 is 15.4 Å². The summed E-state index contributed by atoms with van der Waals surface area (Å²) >= 11 is 1.65. The van der Waals surface area contributed by atoms with Crippen LogP contribution in [-0.4, -0.2) is 54.0 Å². The van der Waals surface area contributed by atoms with Crippen molar-refractivity contribution in [3.63, 3.8) is 0 Å². The van der Waals surface area contributed by atoms with E-state index in [0.29, 0.717) is 18.9 Å². The molecule has 0 saturated carbocycles. The van der Waals surface area contributed by atoms with E-state index in [2.05, 4.69) is 26.6 Å². The third-order valence-electron chi connectivity index (χ3n) is 4.47. The van der Waals surface area contributed by atoms with Crippen LogP contribution in [0.15, 0.2) is 41.9 Å². The van der Waals surface area contributed by atoms with Crippen LogP contribution in [0.1, 0.15) is 23.5 Å². The minimum Gasteiger partial charge on any atom is -0.379 e. The van der Waals surface area contributed by atoms with Gasteiger partial charge in [-0.1, -0.05) is 12.1 Å². The van der Waals surface area contributed by atoms with Crippen LogP contribution in [0.25, 0.3) is 0 Å². The Kier molecular flexibility index (Phi) is 6.92. The summed E-state index contributed by atoms with van der Waals surface area (Å²) in [7, 11) is 0. The van der Waals surface area contributed by atoms with Gasteiger partial charge >= 0.3 is 11.8 Å². The second-order valence-electron chi connectivity index (χ2n) is 6.37. The molecule has 2 aromatic rings. The highest BCUT2D eigenvalue weighted by Gasteiger charge is 2.30. The van der Waals surface area contributed by atoms with Crippen LogP contribution in [0, 0.1) is 0 Å². The number of ether oxygens (including phenoxy) is 1. The monoisotopic (exact) mass is 388 g/mol. The molecule has 1 saturated heterocycles. The van der Waals surface area contributed by atoms with Crippen LogP contribution in [0.4, 0.5) is 0 Å². The second-order valence-corrected chi connectivity index (χ2v) is 7.35. The predicted octanol–water partition coefficient (Wildman–Crippen LogP) is 1.34. The van der Waals surface area contributed by atoms with Gasteiger partial charge in [-0.2, -0.15) is 0 Å². The number of thiophene rings is 1. The normalized spacial score (nSPS) is 17.1. The highest BCUT2D eigenvalue weighted by atomic mass is 32.1. The molecule has 3 heterocycles. The van der Waals surface area contributed by atoms with Crippen molar-refractivity contribution in [2.24, 2.45) is 0 Å². The number of nitrogens with one attached hydrogen (secondary N) is 2. The van der Waals surface area contributed by atoms with E-state index in [9.17, 15) is 9.59 Å². The molecule has 0 radical (unpaired) electrons. The number of hydrogen-bond acceptors (Lipinski definition) is 6. The molecule has 0 aromatic carbocycles. The number of morpholine rings is 1. The number of rotatable bonds is 6. The van der Waals surface area contributed by atoms with Crippen molar-refractivity contribution in [1.29, 1.82) is 0 Å². The van der Waals surface area contributed by atoms with Crippen molar-refractivity contribution in [3.8, 4) is 0 Å². The number of carbonyl (C=O) groups is 2. The summed E-state index contributed by atoms with van der Waals surface area (Å²) in [6, 6.07) is 9.30. The summed E-state index contributed by atoms with van der Waals surface area (Å²) < 4.78 is 5.44. The molecule has 27 heavy (non-hydrogen) atoms. The quantitative estimate of drug-likeness (QED) is 0.730. The van der Waals surface area contributed by atoms with E-state index in [1.54, 1.807) is 29.7 Å². The van der Waals surface area contributed by atoms with E-state index in [1.807, 2.05) is 24.4 Å². The molecule has 2 N–H and O–H groups in total. The van der Waals surface area contributed by atoms with Gasteiger partial charge in [0.1, 0.15) is 0 Å². The number of carbonyl (C=O) groups excluding carboxylic acids is 2. The topological polar surface area (TPSA) is 83.6 Å². The molecular weight excluding hydrogens is 364 g/mol. The Morgan fingerprint density at radius 1 is 1.22 bits per heavy atom. The minimum atomic E-state index is -0.653. The average molecular weight is 388 g/mol. The zero-order valence-electron chi connectivity index (χ0n) is 15.3. The summed E-state index contributed by atoms with van der Waals surface area (Å²) in [4.78, 5) is 32.1. The molecule has 0 unspecified atom stereocenters. The van der Waals surface area contributed by atoms with Gasteiger partial charge in [0, 0.05) is 30.2 Å². The molecule has 1 aliphatic heterocycles. The SMILES string of the molecule is C[C@@H](NC(=O)C(=O)NCc1ccccn1)[C@H](c1cccs1)N1CCOCC1. The van der Waals surface area contributed by atoms with Crippen LogP contribution >= 0.6 is 11.3 Å². The number of amides is 2. The van der Waals surface area contributed by atoms with Crippen LogP contribution in [0.2, 0.25) is 0 Å². The highest BCUT2D eigenvalue weighted by Crippen LogP contribution is 2.29. The van der Waals surface area contributed by atoms with E-state index in [4.69, 9.17) is 4.74 Å². The van der Waals surface area contributed by atoms with Gasteiger partial charge in [-0.15, -0.1) is 11.3 Å². The Morgan fingerprint density at radius 2 is 2.04 bits per heavy atom. The van der Waals surface area contributed by atoms with Crippen LogP contribution in [0.5, 0.6) is 0 Å². The standard InChI is InChI=1S/C19H24N4O3S/c1-14(17(16-6-4-12-27-16)23-8-10-26-11-9-23)22-19(25)18(24)21-13-15-5-2-3-7-20-15/h2-7,12,14,17H,8-11,13H2,1H3,(H,21,24)(H,22,25)/t14-,17-/m1/s1. The van der Waals surface area contributed by atoms with E-state index >= 15 is 0 Å². The molecule has 8 heteroatoms. The zero-order valence-corrected chi connectivity index (χ0v) is 16.1. The number of hydrogen-bond donors (Lipinski definition) is 2. The van der Waals surface area contributed by atoms with E-state index in [-0.39, 0.29) is 18.6 Å². The van der Waals surface area contributed by atoms with E-state index < -0.39 is 11.8 Å². The lowest BCUT2D eigenvalue weighted by atomic mass is 10.1. The Morgan fingerprint density at radius 3 is 2.70 bits per heavy atom. The van der Waals surface area contributed by atoms with Crippen molar-refractivity contribution >= 4 is 23.2 Å². The van der Waals surface area contributed by atoms with E-state index in [0.717, 1.165) is 13.1 Å². The number of nitrogens with zero attached hydrogens (tertiary/aromatic N) is 2. The third-order valence-corrected chi connectivity index (χ3v) is 5.41. The molecule has 0 spiro atoms. The second kappa shape index (κ2) is 9.59. The minimum absolute atomic E-state index is 0.0152. The highest BCUT2D eigenvalue weighted by molar-refractivity contribution is 7.10. The van der Waals surface area contributed by atoms with Gasteiger partial charge in [-0.05, 0) is 30.5 Å². The maximum Gasteiger partial charge on any atom is 0.309 e. The maximum atomic E-state index is 12.3. The summed E-state index contributed by atoms with van der Waals surface area (Å²) in [6.07, 6.45) is 1.65. The lowest BCUT2D eigenvalue weighted by Gasteiger charge is -2.37. The molecule has 2 atom stereocenters. The fraction of sp³-hybridized carbons (Fsp3) is 0.421. The molecule has 1 fully saturated rings. The first-order valence-electron chi connectivity index (χ1n) is 8.99. The first kappa shape index (κ1) is 19.5. The molecule has 144 valence electrons. The molecule has 0 aliphatic carbocycles. The van der Waals surface area contributed by atoms with Gasteiger partial charge in [0.25, 0.3) is 0 Å². The van der Waals surface area contributed by atoms with E-state index in [1.165, 1.54) is 4.88 Å². The molecule has 7 nitrogen and oxygen atoms in total. The zero-order chi connectivity index (χ0) is 19.1. The van der Waals surface area contributed by atoms with Crippen LogP contribution in [0.3, 0.4) is 0 Å². The molecule has 3 rings (SSSR count). The van der Waals surface area contributed by atoms with Crippen molar-refractivity contribution in [3.05, 3.63) is 52.5 Å². The molecule has 0 bridgehead atoms. The van der Waals surface area contributed by atoms with Gasteiger partial charge in [-0.25, -0.2) is 0 Å². The molecule has 2 amide bonds. The lowest BCUT2D eigenvalue weighted by Crippen LogP contribution is -2.51. The Hall–Kier alpha value is -2.29. The van der Waals surface area contributed by atoms with Crippen molar-refractivity contribution < 1.29 is 14.3 Å². The number of pyridine rings is 1. The van der Waals surface area contributed by atoms with Gasteiger partial charge in [0.2, 0.25) is 0 Å². The Bertz CT molecular complexity index is 733. The third kappa shape index (κ3) is 5.35. The van der Waals surface area contributed by atoms with Gasteiger partial charge in [0.15, 0.2) is 0 Å². The average Bonchev–Trinajstić information content (AvgIpc) is 3.22. The summed E-state index contributed by atoms with van der Waals surface area (Å²) in [5.41, 5.74) is 0.705. The van der Waals surface area contributed by atoms with Crippen molar-refractivity contribution in [1.82, 2.24) is 20.5 Å². The van der Waals surface area contributed by atoms with Crippen LogP contribution < -0.4 is 10.6 Å². The van der Waals surface area contributed by atoms with Crippen molar-refractivity contribution in [2.45, 2.75) is 25.6 Å².